The number of benzene rings is 3. The molecule has 0 aliphatic rings. The van der Waals surface area contributed by atoms with Crippen LogP contribution in [0.2, 0.25) is 0 Å². The number of rotatable bonds is 17. The number of carbonyl (C=O) groups is 1. The third kappa shape index (κ3) is 14.4. The molecule has 0 aromatic heterocycles. The van der Waals surface area contributed by atoms with Crippen LogP contribution in [0.25, 0.3) is 0 Å². The Balaban J connectivity index is 0.000000261. The van der Waals surface area contributed by atoms with Crippen LogP contribution in [0, 0.1) is 0 Å². The van der Waals surface area contributed by atoms with Gasteiger partial charge in [0, 0.05) is 5.97 Å². The van der Waals surface area contributed by atoms with E-state index >= 15 is 0 Å². The molecular formula is C34H46O2Sn. The summed E-state index contributed by atoms with van der Waals surface area (Å²) >= 11 is -1.98. The number of carboxylic acid groups (broad SMARTS) is 1. The molecule has 0 saturated heterocycles. The molecule has 0 N–H and O–H groups in total. The molecule has 3 aromatic carbocycles. The van der Waals surface area contributed by atoms with Crippen molar-refractivity contribution in [3.8, 4) is 0 Å². The van der Waals surface area contributed by atoms with E-state index in [0.717, 1.165) is 12.8 Å². The number of carbonyl (C=O) groups excluding carboxylic acids is 1. The summed E-state index contributed by atoms with van der Waals surface area (Å²) in [7, 11) is 0. The van der Waals surface area contributed by atoms with Gasteiger partial charge in [-0.3, -0.25) is 0 Å². The van der Waals surface area contributed by atoms with E-state index in [2.05, 4.69) is 97.9 Å². The van der Waals surface area contributed by atoms with E-state index in [1.54, 1.807) is 0 Å². The molecule has 0 aliphatic heterocycles. The van der Waals surface area contributed by atoms with E-state index in [1.165, 1.54) is 81.4 Å². The molecule has 0 aliphatic carbocycles. The molecule has 2 nitrogen and oxygen atoms in total. The molecule has 0 radical (unpaired) electrons. The van der Waals surface area contributed by atoms with Crippen molar-refractivity contribution in [3.05, 3.63) is 91.0 Å². The molecule has 0 saturated carbocycles. The number of hydrogen-bond donors (Lipinski definition) is 0. The van der Waals surface area contributed by atoms with Gasteiger partial charge >= 0.3 is 121 Å². The zero-order valence-electron chi connectivity index (χ0n) is 22.9. The molecule has 0 amide bonds. The topological polar surface area (TPSA) is 40.1 Å². The molecule has 3 heteroatoms. The first-order valence-electron chi connectivity index (χ1n) is 14.5. The number of aliphatic carboxylic acids is 1. The van der Waals surface area contributed by atoms with Crippen LogP contribution >= 0.6 is 0 Å². The van der Waals surface area contributed by atoms with Gasteiger partial charge in [-0.25, -0.2) is 0 Å². The Bertz CT molecular complexity index is 834. The Morgan fingerprint density at radius 3 is 1.11 bits per heavy atom. The summed E-state index contributed by atoms with van der Waals surface area (Å²) in [4.78, 5) is 10.2. The Morgan fingerprint density at radius 2 is 0.811 bits per heavy atom. The van der Waals surface area contributed by atoms with Gasteiger partial charge in [0.25, 0.3) is 0 Å². The van der Waals surface area contributed by atoms with E-state index in [1.807, 2.05) is 0 Å². The first-order chi connectivity index (χ1) is 18.2. The number of unbranched alkanes of at least 4 members (excludes halogenated alkanes) is 12. The molecular weight excluding hydrogens is 559 g/mol. The SMILES string of the molecule is CCCCCCCCCCCCCCCC(=O)[O-].c1cc[c]([Sn+]([c]2ccccc2)[c]2ccccc2)cc1. The molecule has 37 heavy (non-hydrogen) atoms. The molecule has 3 rings (SSSR count). The zero-order valence-corrected chi connectivity index (χ0v) is 25.7. The second kappa shape index (κ2) is 20.9. The van der Waals surface area contributed by atoms with Gasteiger partial charge in [0.05, 0.1) is 0 Å². The zero-order chi connectivity index (χ0) is 26.4. The van der Waals surface area contributed by atoms with Crippen molar-refractivity contribution >= 4 is 36.5 Å². The molecule has 0 bridgehead atoms. The molecule has 0 atom stereocenters. The fourth-order valence-electron chi connectivity index (χ4n) is 4.60. The summed E-state index contributed by atoms with van der Waals surface area (Å²) in [6.07, 6.45) is 16.9. The van der Waals surface area contributed by atoms with Crippen LogP contribution < -0.4 is 15.8 Å². The van der Waals surface area contributed by atoms with Gasteiger partial charge in [0.1, 0.15) is 0 Å². The molecule has 0 unspecified atom stereocenters. The maximum absolute atomic E-state index is 10.2. The third-order valence-electron chi connectivity index (χ3n) is 6.67. The number of hydrogen-bond acceptors (Lipinski definition) is 2. The first kappa shape index (κ1) is 31.1. The summed E-state index contributed by atoms with van der Waals surface area (Å²) in [5.41, 5.74) is 0. The fourth-order valence-corrected chi connectivity index (χ4v) is 12.0. The Hall–Kier alpha value is -2.07. The summed E-state index contributed by atoms with van der Waals surface area (Å²) < 4.78 is 4.59. The summed E-state index contributed by atoms with van der Waals surface area (Å²) in [5.74, 6) is -0.905. The molecule has 0 spiro atoms. The minimum atomic E-state index is -1.98. The van der Waals surface area contributed by atoms with Gasteiger partial charge in [-0.15, -0.1) is 0 Å². The van der Waals surface area contributed by atoms with Crippen molar-refractivity contribution in [2.75, 3.05) is 0 Å². The van der Waals surface area contributed by atoms with Crippen LogP contribution in [-0.4, -0.2) is 25.7 Å². The normalized spacial score (nSPS) is 10.4. The van der Waals surface area contributed by atoms with Crippen molar-refractivity contribution in [1.29, 1.82) is 0 Å². The molecule has 3 aromatic rings. The monoisotopic (exact) mass is 606 g/mol. The van der Waals surface area contributed by atoms with Crippen LogP contribution in [0.1, 0.15) is 96.8 Å². The van der Waals surface area contributed by atoms with Crippen LogP contribution in [0.4, 0.5) is 0 Å². The Morgan fingerprint density at radius 1 is 0.514 bits per heavy atom. The van der Waals surface area contributed by atoms with E-state index in [0.29, 0.717) is 0 Å². The third-order valence-corrected chi connectivity index (χ3v) is 14.5. The second-order valence-electron chi connectivity index (χ2n) is 9.84. The van der Waals surface area contributed by atoms with Crippen molar-refractivity contribution in [2.45, 2.75) is 96.8 Å². The minimum absolute atomic E-state index is 0.234. The fraction of sp³-hybridized carbons (Fsp3) is 0.441. The summed E-state index contributed by atoms with van der Waals surface area (Å²) in [6, 6.07) is 32.9. The Labute approximate surface area is 233 Å². The predicted molar refractivity (Wildman–Crippen MR) is 159 cm³/mol. The number of carboxylic acids is 1. The van der Waals surface area contributed by atoms with E-state index < -0.39 is 25.7 Å². The molecule has 0 heterocycles. The van der Waals surface area contributed by atoms with Crippen LogP contribution in [0.5, 0.6) is 0 Å². The predicted octanol–water partition coefficient (Wildman–Crippen LogP) is 6.42. The Kier molecular flexibility index (Phi) is 17.6. The van der Waals surface area contributed by atoms with E-state index in [4.69, 9.17) is 0 Å². The van der Waals surface area contributed by atoms with Gasteiger partial charge in [-0.1, -0.05) is 84.0 Å². The van der Waals surface area contributed by atoms with Crippen LogP contribution in [0.3, 0.4) is 0 Å². The molecule has 0 fully saturated rings. The van der Waals surface area contributed by atoms with Crippen LogP contribution in [-0.2, 0) is 4.79 Å². The standard InChI is InChI=1S/C16H32O2.3C6H5.Sn/c1-2-3-4-5-6-7-8-9-10-11-12-13-14-15-16(17)18;3*1-2-4-6-5-3-1;/h2-15H2,1H3,(H,17,18);3*1-5H;/q;;;;+1/p-1. The van der Waals surface area contributed by atoms with Crippen molar-refractivity contribution in [1.82, 2.24) is 0 Å². The van der Waals surface area contributed by atoms with Crippen molar-refractivity contribution < 1.29 is 9.90 Å². The quantitative estimate of drug-likeness (QED) is 0.132. The van der Waals surface area contributed by atoms with Gasteiger partial charge < -0.3 is 9.90 Å². The van der Waals surface area contributed by atoms with Crippen molar-refractivity contribution in [3.63, 3.8) is 0 Å². The summed E-state index contributed by atoms with van der Waals surface area (Å²) in [6.45, 7) is 2.26. The second-order valence-corrected chi connectivity index (χ2v) is 16.9. The first-order valence-corrected chi connectivity index (χ1v) is 18.7. The summed E-state index contributed by atoms with van der Waals surface area (Å²) in [5, 5.41) is 10.2. The van der Waals surface area contributed by atoms with Crippen LogP contribution in [0.15, 0.2) is 91.0 Å². The maximum atomic E-state index is 10.2. The van der Waals surface area contributed by atoms with Gasteiger partial charge in [0.2, 0.25) is 0 Å². The average Bonchev–Trinajstić information content (AvgIpc) is 2.93. The van der Waals surface area contributed by atoms with Gasteiger partial charge in [-0.2, -0.15) is 0 Å². The van der Waals surface area contributed by atoms with Gasteiger partial charge in [-0.05, 0) is 12.8 Å². The van der Waals surface area contributed by atoms with E-state index in [9.17, 15) is 9.90 Å². The van der Waals surface area contributed by atoms with Gasteiger partial charge in [0.15, 0.2) is 0 Å². The van der Waals surface area contributed by atoms with E-state index in [-0.39, 0.29) is 6.42 Å². The average molecular weight is 605 g/mol. The molecule has 198 valence electrons. The van der Waals surface area contributed by atoms with Crippen molar-refractivity contribution in [2.24, 2.45) is 0 Å².